The van der Waals surface area contributed by atoms with Gasteiger partial charge in [0.1, 0.15) is 7.85 Å². The molecule has 0 bridgehead atoms. The van der Waals surface area contributed by atoms with E-state index in [1.54, 1.807) is 0 Å². The summed E-state index contributed by atoms with van der Waals surface area (Å²) in [6.45, 7) is 1.99. The quantitative estimate of drug-likeness (QED) is 0.332. The van der Waals surface area contributed by atoms with Gasteiger partial charge in [-0.3, -0.25) is 0 Å². The van der Waals surface area contributed by atoms with E-state index in [0.29, 0.717) is 16.8 Å². The molecule has 1 aliphatic rings. The Morgan fingerprint density at radius 1 is 1.73 bits per heavy atom. The van der Waals surface area contributed by atoms with Gasteiger partial charge in [-0.05, 0) is 44.6 Å². The lowest BCUT2D eigenvalue weighted by Crippen LogP contribution is -2.33. The summed E-state index contributed by atoms with van der Waals surface area (Å²) in [6, 6.07) is 0. The Morgan fingerprint density at radius 2 is 2.40 bits per heavy atom. The summed E-state index contributed by atoms with van der Waals surface area (Å²) in [6.07, 6.45) is 5.54. The van der Waals surface area contributed by atoms with Crippen LogP contribution in [-0.2, 0) is 0 Å². The lowest BCUT2D eigenvalue weighted by Gasteiger charge is -2.30. The molecule has 0 aromatic heterocycles. The Morgan fingerprint density at radius 3 is 3.00 bits per heavy atom. The fourth-order valence-electron chi connectivity index (χ4n) is 2.00. The Bertz CT molecular complexity index is 276. The van der Waals surface area contributed by atoms with E-state index in [0.717, 1.165) is 24.8 Å². The van der Waals surface area contributed by atoms with Crippen LogP contribution in [0.5, 0.6) is 0 Å². The van der Waals surface area contributed by atoms with Crippen LogP contribution in [0.2, 0.25) is 0 Å². The first-order valence-electron chi connectivity index (χ1n) is 5.29. The highest BCUT2D eigenvalue weighted by Gasteiger charge is 2.26. The van der Waals surface area contributed by atoms with Gasteiger partial charge in [-0.2, -0.15) is 0 Å². The summed E-state index contributed by atoms with van der Waals surface area (Å²) < 4.78 is 0.364. The zero-order valence-electron chi connectivity index (χ0n) is 9.09. The molecular weight excluding hydrogens is 300 g/mol. The lowest BCUT2D eigenvalue weighted by atomic mass is 9.72. The van der Waals surface area contributed by atoms with Crippen molar-refractivity contribution in [3.8, 4) is 0 Å². The molecule has 2 radical (unpaired) electrons. The van der Waals surface area contributed by atoms with Gasteiger partial charge in [0.2, 0.25) is 0 Å². The molecule has 0 aliphatic heterocycles. The van der Waals surface area contributed by atoms with E-state index < -0.39 is 5.50 Å². The zero-order chi connectivity index (χ0) is 11.5. The molecule has 2 N–H and O–H groups in total. The molecule has 1 fully saturated rings. The number of nitrogens with one attached hydrogen (secondary N) is 1. The van der Waals surface area contributed by atoms with Crippen molar-refractivity contribution < 1.29 is 5.11 Å². The van der Waals surface area contributed by atoms with Gasteiger partial charge in [0.25, 0.3) is 0 Å². The number of halogens is 1. The van der Waals surface area contributed by atoms with Crippen molar-refractivity contribution in [1.29, 1.82) is 5.41 Å². The molecule has 82 valence electrons. The third-order valence-corrected chi connectivity index (χ3v) is 3.79. The van der Waals surface area contributed by atoms with Gasteiger partial charge in [0.05, 0.1) is 0 Å². The molecule has 0 spiro atoms. The maximum Gasteiger partial charge on any atom is 0.113 e. The highest BCUT2D eigenvalue weighted by atomic mass is 127. The van der Waals surface area contributed by atoms with Crippen molar-refractivity contribution in [3.63, 3.8) is 0 Å². The SMILES string of the molecule is [B]C1(O)CCC/C(=C(\C)C=N)CC(I)C1. The van der Waals surface area contributed by atoms with Crippen molar-refractivity contribution in [3.05, 3.63) is 11.1 Å². The Labute approximate surface area is 107 Å². The van der Waals surface area contributed by atoms with E-state index in [1.165, 1.54) is 11.8 Å². The monoisotopic (exact) mass is 317 g/mol. The number of aliphatic hydroxyl groups is 1. The Balaban J connectivity index is 2.75. The second-order valence-electron chi connectivity index (χ2n) is 4.39. The highest BCUT2D eigenvalue weighted by molar-refractivity contribution is 14.1. The van der Waals surface area contributed by atoms with Gasteiger partial charge >= 0.3 is 0 Å². The fraction of sp³-hybridized carbons (Fsp3) is 0.727. The van der Waals surface area contributed by atoms with Gasteiger partial charge in [-0.15, -0.1) is 0 Å². The van der Waals surface area contributed by atoms with Gasteiger partial charge in [-0.1, -0.05) is 28.2 Å². The lowest BCUT2D eigenvalue weighted by molar-refractivity contribution is 0.104. The largest absolute Gasteiger partial charge is 0.400 e. The van der Waals surface area contributed by atoms with Crippen LogP contribution in [0.3, 0.4) is 0 Å². The maximum absolute atomic E-state index is 9.84. The van der Waals surface area contributed by atoms with Crippen molar-refractivity contribution >= 4 is 36.7 Å². The van der Waals surface area contributed by atoms with Crippen LogP contribution in [0.4, 0.5) is 0 Å². The fourth-order valence-corrected chi connectivity index (χ4v) is 3.29. The van der Waals surface area contributed by atoms with Gasteiger partial charge in [0.15, 0.2) is 0 Å². The number of hydrogen-bond donors (Lipinski definition) is 2. The van der Waals surface area contributed by atoms with Crippen LogP contribution >= 0.6 is 22.6 Å². The number of hydrogen-bond acceptors (Lipinski definition) is 2. The van der Waals surface area contributed by atoms with E-state index in [9.17, 15) is 5.11 Å². The number of alkyl halides is 1. The third kappa shape index (κ3) is 4.27. The average Bonchev–Trinajstić information content (AvgIpc) is 2.11. The standard InChI is InChI=1S/C11H17BINO/c1-8(7-14)9-3-2-4-11(12,15)6-10(13)5-9/h7,10,14-15H,2-6H2,1H3/b9-8-,14-7?. The van der Waals surface area contributed by atoms with Crippen molar-refractivity contribution in [2.24, 2.45) is 0 Å². The summed E-state index contributed by atoms with van der Waals surface area (Å²) in [7, 11) is 5.78. The van der Waals surface area contributed by atoms with Crippen LogP contribution in [0.1, 0.15) is 39.0 Å². The maximum atomic E-state index is 9.84. The minimum Gasteiger partial charge on any atom is -0.400 e. The van der Waals surface area contributed by atoms with E-state index >= 15 is 0 Å². The average molecular weight is 317 g/mol. The predicted molar refractivity (Wildman–Crippen MR) is 73.1 cm³/mol. The molecule has 1 aliphatic carbocycles. The molecule has 0 heterocycles. The minimum absolute atomic E-state index is 0.364. The number of allylic oxidation sites excluding steroid dienone is 2. The van der Waals surface area contributed by atoms with E-state index in [2.05, 4.69) is 22.6 Å². The molecule has 2 nitrogen and oxygen atoms in total. The topological polar surface area (TPSA) is 44.1 Å². The van der Waals surface area contributed by atoms with Crippen molar-refractivity contribution in [2.45, 2.75) is 48.5 Å². The Hall–Kier alpha value is 0.165. The first-order valence-corrected chi connectivity index (χ1v) is 6.53. The molecule has 2 unspecified atom stereocenters. The second kappa shape index (κ2) is 5.48. The molecule has 0 aromatic rings. The van der Waals surface area contributed by atoms with Crippen LogP contribution in [-0.4, -0.2) is 28.6 Å². The molecule has 15 heavy (non-hydrogen) atoms. The van der Waals surface area contributed by atoms with Gasteiger partial charge in [0, 0.05) is 15.6 Å². The number of rotatable bonds is 1. The molecule has 1 rings (SSSR count). The first-order chi connectivity index (χ1) is 6.94. The van der Waals surface area contributed by atoms with E-state index in [1.807, 2.05) is 6.92 Å². The predicted octanol–water partition coefficient (Wildman–Crippen LogP) is 2.58. The molecule has 4 heteroatoms. The van der Waals surface area contributed by atoms with Crippen molar-refractivity contribution in [2.75, 3.05) is 0 Å². The zero-order valence-corrected chi connectivity index (χ0v) is 11.3. The molecule has 0 amide bonds. The van der Waals surface area contributed by atoms with Crippen molar-refractivity contribution in [1.82, 2.24) is 0 Å². The summed E-state index contributed by atoms with van der Waals surface area (Å²) >= 11 is 2.34. The smallest absolute Gasteiger partial charge is 0.113 e. The van der Waals surface area contributed by atoms with Gasteiger partial charge in [-0.25, -0.2) is 0 Å². The van der Waals surface area contributed by atoms with E-state index in [-0.39, 0.29) is 0 Å². The summed E-state index contributed by atoms with van der Waals surface area (Å²) in [4.78, 5) is 0. The molecule has 1 saturated carbocycles. The van der Waals surface area contributed by atoms with Crippen LogP contribution in [0.25, 0.3) is 0 Å². The highest BCUT2D eigenvalue weighted by Crippen LogP contribution is 2.32. The molecular formula is C11H17BINO. The molecule has 0 aromatic carbocycles. The summed E-state index contributed by atoms with van der Waals surface area (Å²) in [5.41, 5.74) is 1.43. The summed E-state index contributed by atoms with van der Waals surface area (Å²) in [5, 5.41) is 17.1. The van der Waals surface area contributed by atoms with Gasteiger partial charge < -0.3 is 10.5 Å². The summed E-state index contributed by atoms with van der Waals surface area (Å²) in [5.74, 6) is 0. The van der Waals surface area contributed by atoms with Crippen LogP contribution < -0.4 is 0 Å². The van der Waals surface area contributed by atoms with Crippen LogP contribution in [0.15, 0.2) is 11.1 Å². The normalized spacial score (nSPS) is 36.6. The Kier molecular flexibility index (Phi) is 4.83. The van der Waals surface area contributed by atoms with E-state index in [4.69, 9.17) is 13.3 Å². The third-order valence-electron chi connectivity index (χ3n) is 2.91. The molecule has 2 atom stereocenters. The first kappa shape index (κ1) is 13.2. The minimum atomic E-state index is -0.990. The second-order valence-corrected chi connectivity index (χ2v) is 6.16. The molecule has 0 saturated heterocycles. The van der Waals surface area contributed by atoms with Crippen LogP contribution in [0, 0.1) is 5.41 Å².